The standard InChI is InChI=1S/C12H16BrFO3S/c1-8(2)18(16,17)11-5-4-9(6-10(11)13)12(3,14)7-15/h4-6,8,15H,7H2,1-3H3. The molecule has 0 saturated carbocycles. The molecule has 102 valence electrons. The Kier molecular flexibility index (Phi) is 4.56. The van der Waals surface area contributed by atoms with Gasteiger partial charge in [0.2, 0.25) is 0 Å². The van der Waals surface area contributed by atoms with Gasteiger partial charge in [-0.3, -0.25) is 0 Å². The smallest absolute Gasteiger partial charge is 0.181 e. The SMILES string of the molecule is CC(C)S(=O)(=O)c1ccc(C(C)(F)CO)cc1Br. The lowest BCUT2D eigenvalue weighted by Crippen LogP contribution is -2.21. The lowest BCUT2D eigenvalue weighted by atomic mass is 9.99. The zero-order chi connectivity index (χ0) is 14.1. The molecule has 0 aromatic heterocycles. The third kappa shape index (κ3) is 2.92. The summed E-state index contributed by atoms with van der Waals surface area (Å²) in [6.45, 7) is 3.76. The molecule has 1 aromatic carbocycles. The molecule has 1 unspecified atom stereocenters. The predicted octanol–water partition coefficient (Wildman–Crippen LogP) is 2.81. The lowest BCUT2D eigenvalue weighted by molar-refractivity contribution is 0.0867. The van der Waals surface area contributed by atoms with Gasteiger partial charge < -0.3 is 5.11 Å². The molecular formula is C12H16BrFO3S. The first-order valence-corrected chi connectivity index (χ1v) is 7.80. The fourth-order valence-corrected chi connectivity index (χ4v) is 3.55. The van der Waals surface area contributed by atoms with Crippen LogP contribution in [0.15, 0.2) is 27.6 Å². The van der Waals surface area contributed by atoms with Crippen LogP contribution in [0.25, 0.3) is 0 Å². The van der Waals surface area contributed by atoms with Crippen LogP contribution in [-0.4, -0.2) is 25.4 Å². The summed E-state index contributed by atoms with van der Waals surface area (Å²) in [6.07, 6.45) is 0. The molecule has 1 rings (SSSR count). The molecule has 0 fully saturated rings. The Morgan fingerprint density at radius 3 is 2.39 bits per heavy atom. The molecule has 0 aliphatic carbocycles. The van der Waals surface area contributed by atoms with E-state index in [1.807, 2.05) is 0 Å². The Hall–Kier alpha value is -0.460. The van der Waals surface area contributed by atoms with Crippen LogP contribution >= 0.6 is 15.9 Å². The molecule has 0 heterocycles. The van der Waals surface area contributed by atoms with Gasteiger partial charge in [-0.25, -0.2) is 12.8 Å². The first kappa shape index (κ1) is 15.6. The van der Waals surface area contributed by atoms with E-state index in [9.17, 15) is 12.8 Å². The van der Waals surface area contributed by atoms with Gasteiger partial charge in [-0.15, -0.1) is 0 Å². The molecular weight excluding hydrogens is 323 g/mol. The fraction of sp³-hybridized carbons (Fsp3) is 0.500. The molecule has 0 amide bonds. The van der Waals surface area contributed by atoms with Crippen LogP contribution in [0.3, 0.4) is 0 Å². The van der Waals surface area contributed by atoms with E-state index in [0.29, 0.717) is 4.47 Å². The van der Waals surface area contributed by atoms with E-state index in [1.165, 1.54) is 25.1 Å². The minimum Gasteiger partial charge on any atom is -0.393 e. The van der Waals surface area contributed by atoms with Crippen molar-refractivity contribution in [3.63, 3.8) is 0 Å². The van der Waals surface area contributed by atoms with Crippen LogP contribution in [-0.2, 0) is 15.5 Å². The Labute approximate surface area is 115 Å². The summed E-state index contributed by atoms with van der Waals surface area (Å²) >= 11 is 3.15. The zero-order valence-electron chi connectivity index (χ0n) is 10.4. The van der Waals surface area contributed by atoms with Crippen molar-refractivity contribution in [2.75, 3.05) is 6.61 Å². The molecule has 0 aliphatic heterocycles. The maximum absolute atomic E-state index is 13.9. The number of aliphatic hydroxyl groups is 1. The van der Waals surface area contributed by atoms with Crippen LogP contribution in [0.2, 0.25) is 0 Å². The maximum Gasteiger partial charge on any atom is 0.181 e. The van der Waals surface area contributed by atoms with Crippen molar-refractivity contribution >= 4 is 25.8 Å². The third-order valence-electron chi connectivity index (χ3n) is 2.76. The van der Waals surface area contributed by atoms with Crippen LogP contribution in [0, 0.1) is 0 Å². The summed E-state index contributed by atoms with van der Waals surface area (Å²) in [5.41, 5.74) is -1.65. The summed E-state index contributed by atoms with van der Waals surface area (Å²) in [4.78, 5) is 0.134. The summed E-state index contributed by atoms with van der Waals surface area (Å²) in [7, 11) is -3.41. The number of halogens is 2. The molecule has 3 nitrogen and oxygen atoms in total. The largest absolute Gasteiger partial charge is 0.393 e. The lowest BCUT2D eigenvalue weighted by Gasteiger charge is -2.19. The van der Waals surface area contributed by atoms with Crippen LogP contribution in [0.1, 0.15) is 26.3 Å². The van der Waals surface area contributed by atoms with Gasteiger partial charge in [-0.1, -0.05) is 6.07 Å². The number of aliphatic hydroxyl groups excluding tert-OH is 1. The van der Waals surface area contributed by atoms with Crippen molar-refractivity contribution in [1.82, 2.24) is 0 Å². The van der Waals surface area contributed by atoms with Gasteiger partial charge in [0, 0.05) is 4.47 Å². The summed E-state index contributed by atoms with van der Waals surface area (Å²) in [6, 6.07) is 4.14. The predicted molar refractivity (Wildman–Crippen MR) is 72.0 cm³/mol. The van der Waals surface area contributed by atoms with Crippen molar-refractivity contribution in [3.8, 4) is 0 Å². The highest BCUT2D eigenvalue weighted by atomic mass is 79.9. The van der Waals surface area contributed by atoms with E-state index >= 15 is 0 Å². The number of alkyl halides is 1. The summed E-state index contributed by atoms with van der Waals surface area (Å²) < 4.78 is 38.2. The average Bonchev–Trinajstić information content (AvgIpc) is 2.28. The van der Waals surface area contributed by atoms with Crippen LogP contribution < -0.4 is 0 Å². The fourth-order valence-electron chi connectivity index (χ4n) is 1.40. The van der Waals surface area contributed by atoms with Crippen molar-refractivity contribution in [1.29, 1.82) is 0 Å². The molecule has 0 aliphatic rings. The highest BCUT2D eigenvalue weighted by Crippen LogP contribution is 2.32. The highest BCUT2D eigenvalue weighted by molar-refractivity contribution is 9.10. The van der Waals surface area contributed by atoms with Gasteiger partial charge in [-0.05, 0) is 54.4 Å². The van der Waals surface area contributed by atoms with Crippen molar-refractivity contribution in [2.45, 2.75) is 36.6 Å². The number of benzene rings is 1. The van der Waals surface area contributed by atoms with Gasteiger partial charge >= 0.3 is 0 Å². The minimum atomic E-state index is -3.41. The number of rotatable bonds is 4. The zero-order valence-corrected chi connectivity index (χ0v) is 12.8. The molecule has 6 heteroatoms. The van der Waals surface area contributed by atoms with Crippen molar-refractivity contribution in [3.05, 3.63) is 28.2 Å². The molecule has 0 saturated heterocycles. The van der Waals surface area contributed by atoms with Gasteiger partial charge in [0.15, 0.2) is 15.5 Å². The van der Waals surface area contributed by atoms with Gasteiger partial charge in [0.25, 0.3) is 0 Å². The maximum atomic E-state index is 13.9. The molecule has 0 bridgehead atoms. The number of hydrogen-bond acceptors (Lipinski definition) is 3. The van der Waals surface area contributed by atoms with E-state index in [4.69, 9.17) is 5.11 Å². The van der Waals surface area contributed by atoms with Gasteiger partial charge in [0.1, 0.15) is 0 Å². The second-order valence-corrected chi connectivity index (χ2v) is 7.92. The Balaban J connectivity index is 3.33. The summed E-state index contributed by atoms with van der Waals surface area (Å²) in [5.74, 6) is 0. The van der Waals surface area contributed by atoms with E-state index in [2.05, 4.69) is 15.9 Å². The van der Waals surface area contributed by atoms with Crippen LogP contribution in [0.5, 0.6) is 0 Å². The van der Waals surface area contributed by atoms with E-state index in [1.54, 1.807) is 13.8 Å². The normalized spacial score (nSPS) is 15.7. The molecule has 18 heavy (non-hydrogen) atoms. The van der Waals surface area contributed by atoms with Gasteiger partial charge in [-0.2, -0.15) is 0 Å². The number of sulfone groups is 1. The third-order valence-corrected chi connectivity index (χ3v) is 5.89. The first-order chi connectivity index (χ1) is 8.13. The van der Waals surface area contributed by atoms with Crippen molar-refractivity contribution < 1.29 is 17.9 Å². The second kappa shape index (κ2) is 5.27. The monoisotopic (exact) mass is 338 g/mol. The number of hydrogen-bond donors (Lipinski definition) is 1. The van der Waals surface area contributed by atoms with Crippen molar-refractivity contribution in [2.24, 2.45) is 0 Å². The topological polar surface area (TPSA) is 54.4 Å². The van der Waals surface area contributed by atoms with E-state index in [-0.39, 0.29) is 10.5 Å². The first-order valence-electron chi connectivity index (χ1n) is 5.46. The molecule has 1 aromatic rings. The molecule has 0 spiro atoms. The Morgan fingerprint density at radius 1 is 1.44 bits per heavy atom. The summed E-state index contributed by atoms with van der Waals surface area (Å²) in [5, 5.41) is 8.40. The Morgan fingerprint density at radius 2 is 2.00 bits per heavy atom. The van der Waals surface area contributed by atoms with Crippen LogP contribution in [0.4, 0.5) is 4.39 Å². The Bertz CT molecular complexity index is 538. The minimum absolute atomic E-state index is 0.134. The van der Waals surface area contributed by atoms with E-state index < -0.39 is 27.4 Å². The van der Waals surface area contributed by atoms with Gasteiger partial charge in [0.05, 0.1) is 16.8 Å². The highest BCUT2D eigenvalue weighted by Gasteiger charge is 2.28. The molecule has 1 atom stereocenters. The van der Waals surface area contributed by atoms with E-state index in [0.717, 1.165) is 0 Å². The molecule has 0 radical (unpaired) electrons. The quantitative estimate of drug-likeness (QED) is 0.918. The molecule has 1 N–H and O–H groups in total. The second-order valence-electron chi connectivity index (χ2n) is 4.59. The average molecular weight is 339 g/mol.